The van der Waals surface area contributed by atoms with Gasteiger partial charge in [-0.15, -0.1) is 11.3 Å². The highest BCUT2D eigenvalue weighted by molar-refractivity contribution is 7.91. The molecule has 0 bridgehead atoms. The van der Waals surface area contributed by atoms with Crippen LogP contribution in [0, 0.1) is 0 Å². The maximum absolute atomic E-state index is 13.0. The highest BCUT2D eigenvalue weighted by atomic mass is 32.2. The lowest BCUT2D eigenvalue weighted by atomic mass is 10.1. The minimum Gasteiger partial charge on any atom is -0.329 e. The number of amides is 1. The second kappa shape index (κ2) is 6.64. The average molecular weight is 368 g/mol. The van der Waals surface area contributed by atoms with Crippen molar-refractivity contribution in [3.63, 3.8) is 0 Å². The highest BCUT2D eigenvalue weighted by Crippen LogP contribution is 2.29. The molecular formula is C15H20N4O3S2. The van der Waals surface area contributed by atoms with Gasteiger partial charge in [-0.1, -0.05) is 6.92 Å². The van der Waals surface area contributed by atoms with E-state index in [9.17, 15) is 13.2 Å². The molecule has 1 aliphatic rings. The van der Waals surface area contributed by atoms with Crippen molar-refractivity contribution in [3.05, 3.63) is 34.0 Å². The Labute approximate surface area is 145 Å². The largest absolute Gasteiger partial charge is 0.329 e. The molecule has 0 aromatic carbocycles. The molecule has 1 saturated heterocycles. The molecule has 0 radical (unpaired) electrons. The molecule has 2 aromatic heterocycles. The molecule has 3 rings (SSSR count). The Morgan fingerprint density at radius 1 is 1.42 bits per heavy atom. The topological polar surface area (TPSA) is 85.2 Å². The van der Waals surface area contributed by atoms with E-state index < -0.39 is 15.9 Å². The number of carbonyl (C=O) groups is 1. The van der Waals surface area contributed by atoms with E-state index in [0.29, 0.717) is 17.8 Å². The Hall–Kier alpha value is -1.74. The van der Waals surface area contributed by atoms with Crippen LogP contribution in [0.3, 0.4) is 0 Å². The van der Waals surface area contributed by atoms with Gasteiger partial charge in [0.2, 0.25) is 0 Å². The number of sulfone groups is 1. The number of aryl methyl sites for hydroxylation is 2. The van der Waals surface area contributed by atoms with Gasteiger partial charge in [0.25, 0.3) is 5.91 Å². The van der Waals surface area contributed by atoms with Crippen molar-refractivity contribution in [2.24, 2.45) is 0 Å². The van der Waals surface area contributed by atoms with E-state index in [1.54, 1.807) is 21.3 Å². The SMILES string of the molecule is CCc1ncsc1C(=O)N1CCS(=O)(=O)C[C@@H]1c1cnn(CC)c1. The van der Waals surface area contributed by atoms with Crippen molar-refractivity contribution in [1.29, 1.82) is 0 Å². The van der Waals surface area contributed by atoms with Gasteiger partial charge in [-0.25, -0.2) is 13.4 Å². The second-order valence-corrected chi connectivity index (χ2v) is 8.82. The zero-order valence-corrected chi connectivity index (χ0v) is 15.3. The zero-order valence-electron chi connectivity index (χ0n) is 13.7. The summed E-state index contributed by atoms with van der Waals surface area (Å²) in [5.41, 5.74) is 3.19. The van der Waals surface area contributed by atoms with Crippen LogP contribution in [0.15, 0.2) is 17.9 Å². The number of carbonyl (C=O) groups excluding carboxylic acids is 1. The van der Waals surface area contributed by atoms with Crippen molar-refractivity contribution >= 4 is 27.1 Å². The van der Waals surface area contributed by atoms with Crippen LogP contribution < -0.4 is 0 Å². The molecule has 7 nitrogen and oxygen atoms in total. The molecule has 0 N–H and O–H groups in total. The molecular weight excluding hydrogens is 348 g/mol. The first kappa shape index (κ1) is 17.1. The Bertz CT molecular complexity index is 841. The predicted octanol–water partition coefficient (Wildman–Crippen LogP) is 1.53. The third-order valence-electron chi connectivity index (χ3n) is 4.22. The van der Waals surface area contributed by atoms with E-state index in [4.69, 9.17) is 0 Å². The third kappa shape index (κ3) is 3.23. The summed E-state index contributed by atoms with van der Waals surface area (Å²) in [6.45, 7) is 4.81. The normalized spacial score (nSPS) is 20.2. The molecule has 1 amide bonds. The van der Waals surface area contributed by atoms with E-state index in [1.165, 1.54) is 11.3 Å². The minimum atomic E-state index is -3.17. The molecule has 0 spiro atoms. The van der Waals surface area contributed by atoms with Crippen molar-refractivity contribution < 1.29 is 13.2 Å². The lowest BCUT2D eigenvalue weighted by Gasteiger charge is -2.34. The van der Waals surface area contributed by atoms with E-state index >= 15 is 0 Å². The Morgan fingerprint density at radius 2 is 2.21 bits per heavy atom. The van der Waals surface area contributed by atoms with Gasteiger partial charge in [0, 0.05) is 24.8 Å². The number of nitrogens with zero attached hydrogens (tertiary/aromatic N) is 4. The Balaban J connectivity index is 1.96. The molecule has 130 valence electrons. The van der Waals surface area contributed by atoms with Gasteiger partial charge in [-0.2, -0.15) is 5.10 Å². The van der Waals surface area contributed by atoms with Gasteiger partial charge in [0.1, 0.15) is 4.88 Å². The lowest BCUT2D eigenvalue weighted by Crippen LogP contribution is -2.46. The van der Waals surface area contributed by atoms with Crippen LogP contribution in [-0.4, -0.2) is 52.0 Å². The van der Waals surface area contributed by atoms with Gasteiger partial charge < -0.3 is 4.90 Å². The lowest BCUT2D eigenvalue weighted by molar-refractivity contribution is 0.0701. The zero-order chi connectivity index (χ0) is 17.3. The summed E-state index contributed by atoms with van der Waals surface area (Å²) in [6, 6.07) is -0.497. The summed E-state index contributed by atoms with van der Waals surface area (Å²) in [4.78, 5) is 19.5. The Kier molecular flexibility index (Phi) is 4.73. The van der Waals surface area contributed by atoms with Gasteiger partial charge in [0.15, 0.2) is 9.84 Å². The highest BCUT2D eigenvalue weighted by Gasteiger charge is 2.37. The minimum absolute atomic E-state index is 0.00256. The third-order valence-corrected chi connectivity index (χ3v) is 6.71. The molecule has 3 heterocycles. The predicted molar refractivity (Wildman–Crippen MR) is 91.8 cm³/mol. The fraction of sp³-hybridized carbons (Fsp3) is 0.533. The summed E-state index contributed by atoms with van der Waals surface area (Å²) in [6.07, 6.45) is 4.15. The van der Waals surface area contributed by atoms with Crippen LogP contribution in [0.25, 0.3) is 0 Å². The molecule has 9 heteroatoms. The van der Waals surface area contributed by atoms with E-state index in [0.717, 1.165) is 11.3 Å². The number of rotatable bonds is 4. The molecule has 1 fully saturated rings. The Morgan fingerprint density at radius 3 is 2.88 bits per heavy atom. The quantitative estimate of drug-likeness (QED) is 0.817. The molecule has 0 aliphatic carbocycles. The summed E-state index contributed by atoms with van der Waals surface area (Å²) in [5.74, 6) is -0.204. The summed E-state index contributed by atoms with van der Waals surface area (Å²) >= 11 is 1.31. The standard InChI is InChI=1S/C15H20N4O3S2/c1-3-12-14(23-10-16-12)15(20)19-5-6-24(21,22)9-13(19)11-7-17-18(4-2)8-11/h7-8,10,13H,3-6,9H2,1-2H3/t13-/m1/s1. The van der Waals surface area contributed by atoms with E-state index in [1.807, 2.05) is 20.0 Å². The van der Waals surface area contributed by atoms with Crippen LogP contribution in [0.5, 0.6) is 0 Å². The summed E-state index contributed by atoms with van der Waals surface area (Å²) < 4.78 is 26.0. The van der Waals surface area contributed by atoms with Gasteiger partial charge in [0.05, 0.1) is 34.9 Å². The molecule has 0 saturated carbocycles. The molecule has 24 heavy (non-hydrogen) atoms. The van der Waals surface area contributed by atoms with Crippen molar-refractivity contribution in [2.75, 3.05) is 18.1 Å². The molecule has 2 aromatic rings. The van der Waals surface area contributed by atoms with E-state index in [-0.39, 0.29) is 24.0 Å². The first-order valence-electron chi connectivity index (χ1n) is 7.91. The maximum Gasteiger partial charge on any atom is 0.266 e. The maximum atomic E-state index is 13.0. The smallest absolute Gasteiger partial charge is 0.266 e. The van der Waals surface area contributed by atoms with Crippen LogP contribution in [-0.2, 0) is 22.8 Å². The van der Waals surface area contributed by atoms with Gasteiger partial charge in [-0.3, -0.25) is 9.48 Å². The monoisotopic (exact) mass is 368 g/mol. The van der Waals surface area contributed by atoms with Gasteiger partial charge in [-0.05, 0) is 13.3 Å². The average Bonchev–Trinajstić information content (AvgIpc) is 3.22. The van der Waals surface area contributed by atoms with Crippen molar-refractivity contribution in [1.82, 2.24) is 19.7 Å². The first-order valence-corrected chi connectivity index (χ1v) is 10.6. The first-order chi connectivity index (χ1) is 11.4. The number of hydrogen-bond donors (Lipinski definition) is 0. The molecule has 1 atom stereocenters. The molecule has 1 aliphatic heterocycles. The fourth-order valence-corrected chi connectivity index (χ4v) is 5.21. The van der Waals surface area contributed by atoms with Crippen molar-refractivity contribution in [2.45, 2.75) is 32.9 Å². The van der Waals surface area contributed by atoms with Crippen molar-refractivity contribution in [3.8, 4) is 0 Å². The van der Waals surface area contributed by atoms with Crippen LogP contribution in [0.2, 0.25) is 0 Å². The van der Waals surface area contributed by atoms with Crippen LogP contribution in [0.4, 0.5) is 0 Å². The number of aromatic nitrogens is 3. The van der Waals surface area contributed by atoms with E-state index in [2.05, 4.69) is 10.1 Å². The van der Waals surface area contributed by atoms with Gasteiger partial charge >= 0.3 is 0 Å². The second-order valence-electron chi connectivity index (χ2n) is 5.74. The molecule has 0 unspecified atom stereocenters. The summed E-state index contributed by atoms with van der Waals surface area (Å²) in [5, 5.41) is 4.22. The number of hydrogen-bond acceptors (Lipinski definition) is 6. The fourth-order valence-electron chi connectivity index (χ4n) is 2.88. The van der Waals surface area contributed by atoms with Crippen LogP contribution in [0.1, 0.15) is 40.8 Å². The number of thiazole rings is 1. The summed E-state index contributed by atoms with van der Waals surface area (Å²) in [7, 11) is -3.17. The van der Waals surface area contributed by atoms with Crippen LogP contribution >= 0.6 is 11.3 Å².